The van der Waals surface area contributed by atoms with Crippen molar-refractivity contribution in [1.82, 2.24) is 10.3 Å². The lowest BCUT2D eigenvalue weighted by Gasteiger charge is -2.27. The van der Waals surface area contributed by atoms with Crippen molar-refractivity contribution in [2.45, 2.75) is 19.3 Å². The molecule has 3 aromatic rings. The summed E-state index contributed by atoms with van der Waals surface area (Å²) in [5.74, 6) is 0.927. The second kappa shape index (κ2) is 6.61. The van der Waals surface area contributed by atoms with E-state index in [9.17, 15) is 9.18 Å². The van der Waals surface area contributed by atoms with Crippen LogP contribution in [0, 0.1) is 5.82 Å². The van der Waals surface area contributed by atoms with E-state index in [-0.39, 0.29) is 17.1 Å². The van der Waals surface area contributed by atoms with Gasteiger partial charge in [0.05, 0.1) is 0 Å². The minimum Gasteiger partial charge on any atom is -0.486 e. The van der Waals surface area contributed by atoms with Gasteiger partial charge in [-0.15, -0.1) is 0 Å². The van der Waals surface area contributed by atoms with Crippen LogP contribution in [0.3, 0.4) is 0 Å². The lowest BCUT2D eigenvalue weighted by molar-refractivity contribution is 0.0941. The topological polar surface area (TPSA) is 63.4 Å². The van der Waals surface area contributed by atoms with E-state index in [1.54, 1.807) is 12.1 Å². The van der Waals surface area contributed by atoms with Crippen molar-refractivity contribution < 1.29 is 18.7 Å². The first-order valence-electron chi connectivity index (χ1n) is 8.89. The van der Waals surface area contributed by atoms with Gasteiger partial charge in [0.25, 0.3) is 5.91 Å². The maximum atomic E-state index is 13.3. The van der Waals surface area contributed by atoms with E-state index in [2.05, 4.69) is 24.1 Å². The zero-order valence-electron chi connectivity index (χ0n) is 15.3. The number of nitrogens with one attached hydrogen (secondary N) is 2. The molecule has 1 aromatic heterocycles. The zero-order chi connectivity index (χ0) is 19.0. The molecule has 140 valence electrons. The molecule has 5 nitrogen and oxygen atoms in total. The van der Waals surface area contributed by atoms with Gasteiger partial charge in [0.1, 0.15) is 24.7 Å². The fourth-order valence-corrected chi connectivity index (χ4v) is 3.19. The van der Waals surface area contributed by atoms with Crippen LogP contribution < -0.4 is 14.8 Å². The van der Waals surface area contributed by atoms with Gasteiger partial charge in [0, 0.05) is 22.9 Å². The Bertz CT molecular complexity index is 1010. The summed E-state index contributed by atoms with van der Waals surface area (Å²) in [6, 6.07) is 11.9. The minimum absolute atomic E-state index is 0.225. The first-order chi connectivity index (χ1) is 12.9. The van der Waals surface area contributed by atoms with E-state index >= 15 is 0 Å². The van der Waals surface area contributed by atoms with Gasteiger partial charge in [-0.3, -0.25) is 4.79 Å². The van der Waals surface area contributed by atoms with Crippen LogP contribution in [0.1, 0.15) is 29.9 Å². The number of hydrogen-bond acceptors (Lipinski definition) is 3. The molecule has 0 saturated carbocycles. The number of aromatic nitrogens is 1. The molecule has 0 bridgehead atoms. The smallest absolute Gasteiger partial charge is 0.267 e. The van der Waals surface area contributed by atoms with Gasteiger partial charge in [-0.05, 0) is 42.0 Å². The fraction of sp³-hybridized carbons (Fsp3) is 0.286. The third-order valence-electron chi connectivity index (χ3n) is 4.84. The van der Waals surface area contributed by atoms with Crippen LogP contribution >= 0.6 is 0 Å². The predicted octanol–water partition coefficient (Wildman–Crippen LogP) is 3.79. The Morgan fingerprint density at radius 3 is 2.70 bits per heavy atom. The number of halogens is 1. The lowest BCUT2D eigenvalue weighted by atomic mass is 9.84. The molecule has 0 atom stereocenters. The molecule has 4 rings (SSSR count). The monoisotopic (exact) mass is 368 g/mol. The predicted molar refractivity (Wildman–Crippen MR) is 101 cm³/mol. The summed E-state index contributed by atoms with van der Waals surface area (Å²) in [4.78, 5) is 15.6. The van der Waals surface area contributed by atoms with Crippen molar-refractivity contribution >= 4 is 16.8 Å². The van der Waals surface area contributed by atoms with Gasteiger partial charge in [-0.2, -0.15) is 0 Å². The Balaban J connectivity index is 1.48. The van der Waals surface area contributed by atoms with Crippen LogP contribution in [-0.2, 0) is 5.41 Å². The van der Waals surface area contributed by atoms with Crippen LogP contribution in [0.25, 0.3) is 10.9 Å². The Morgan fingerprint density at radius 1 is 1.11 bits per heavy atom. The Kier molecular flexibility index (Phi) is 4.26. The van der Waals surface area contributed by atoms with Crippen molar-refractivity contribution in [1.29, 1.82) is 0 Å². The molecular formula is C21H21FN2O3. The number of ether oxygens (including phenoxy) is 2. The molecule has 1 aliphatic rings. The third-order valence-corrected chi connectivity index (χ3v) is 4.84. The fourth-order valence-electron chi connectivity index (χ4n) is 3.19. The Morgan fingerprint density at radius 2 is 1.89 bits per heavy atom. The van der Waals surface area contributed by atoms with Crippen LogP contribution in [0.5, 0.6) is 11.5 Å². The quantitative estimate of drug-likeness (QED) is 0.737. The molecular weight excluding hydrogens is 347 g/mol. The highest BCUT2D eigenvalue weighted by Crippen LogP contribution is 2.35. The molecule has 0 spiro atoms. The van der Waals surface area contributed by atoms with Crippen molar-refractivity contribution in [2.75, 3.05) is 19.8 Å². The number of rotatable bonds is 4. The average molecular weight is 368 g/mol. The van der Waals surface area contributed by atoms with Crippen molar-refractivity contribution in [3.8, 4) is 11.5 Å². The molecule has 0 unspecified atom stereocenters. The summed E-state index contributed by atoms with van der Waals surface area (Å²) in [7, 11) is 0. The van der Waals surface area contributed by atoms with E-state index in [0.717, 1.165) is 22.6 Å². The SMILES string of the molecule is CC(C)(CNC(=O)c1cc2cc(F)ccc2[nH]1)c1ccc2c(c1)OCCO2. The molecule has 1 aliphatic heterocycles. The van der Waals surface area contributed by atoms with Crippen molar-refractivity contribution in [3.05, 3.63) is 59.5 Å². The summed E-state index contributed by atoms with van der Waals surface area (Å²) in [5.41, 5.74) is 1.89. The van der Waals surface area contributed by atoms with Gasteiger partial charge in [0.15, 0.2) is 11.5 Å². The molecule has 2 heterocycles. The van der Waals surface area contributed by atoms with Gasteiger partial charge < -0.3 is 19.8 Å². The number of fused-ring (bicyclic) bond motifs is 2. The summed E-state index contributed by atoms with van der Waals surface area (Å²) < 4.78 is 24.5. The largest absolute Gasteiger partial charge is 0.486 e. The van der Waals surface area contributed by atoms with Gasteiger partial charge in [-0.1, -0.05) is 19.9 Å². The number of carbonyl (C=O) groups is 1. The Labute approximate surface area is 156 Å². The zero-order valence-corrected chi connectivity index (χ0v) is 15.3. The highest BCUT2D eigenvalue weighted by atomic mass is 19.1. The van der Waals surface area contributed by atoms with E-state index in [0.29, 0.717) is 30.8 Å². The number of hydrogen-bond donors (Lipinski definition) is 2. The van der Waals surface area contributed by atoms with Crippen LogP contribution in [-0.4, -0.2) is 30.6 Å². The average Bonchev–Trinajstić information content (AvgIpc) is 3.09. The first-order valence-corrected chi connectivity index (χ1v) is 8.89. The van der Waals surface area contributed by atoms with E-state index in [4.69, 9.17) is 9.47 Å². The summed E-state index contributed by atoms with van der Waals surface area (Å²) in [6.07, 6.45) is 0. The highest BCUT2D eigenvalue weighted by molar-refractivity contribution is 5.98. The van der Waals surface area contributed by atoms with Crippen molar-refractivity contribution in [2.24, 2.45) is 0 Å². The second-order valence-corrected chi connectivity index (χ2v) is 7.34. The third kappa shape index (κ3) is 3.47. The van der Waals surface area contributed by atoms with E-state index in [1.165, 1.54) is 12.1 Å². The Hall–Kier alpha value is -3.02. The maximum Gasteiger partial charge on any atom is 0.267 e. The van der Waals surface area contributed by atoms with Crippen LogP contribution in [0.15, 0.2) is 42.5 Å². The summed E-state index contributed by atoms with van der Waals surface area (Å²) >= 11 is 0. The molecule has 0 fully saturated rings. The molecule has 6 heteroatoms. The first kappa shape index (κ1) is 17.4. The van der Waals surface area contributed by atoms with Gasteiger partial charge in [0.2, 0.25) is 0 Å². The van der Waals surface area contributed by atoms with Gasteiger partial charge >= 0.3 is 0 Å². The standard InChI is InChI=1S/C21H21FN2O3/c1-21(2,14-3-6-18-19(11-14)27-8-7-26-18)12-23-20(25)17-10-13-9-15(22)4-5-16(13)24-17/h3-6,9-11,24H,7-8,12H2,1-2H3,(H,23,25). The molecule has 0 saturated heterocycles. The number of amides is 1. The maximum absolute atomic E-state index is 13.3. The normalized spacial score (nSPS) is 13.6. The summed E-state index contributed by atoms with van der Waals surface area (Å²) in [6.45, 7) is 5.64. The van der Waals surface area contributed by atoms with E-state index in [1.807, 2.05) is 18.2 Å². The molecule has 0 aliphatic carbocycles. The summed E-state index contributed by atoms with van der Waals surface area (Å²) in [5, 5.41) is 3.63. The molecule has 1 amide bonds. The number of carbonyl (C=O) groups excluding carboxylic acids is 1. The van der Waals surface area contributed by atoms with E-state index < -0.39 is 0 Å². The highest BCUT2D eigenvalue weighted by Gasteiger charge is 2.24. The van der Waals surface area contributed by atoms with Crippen molar-refractivity contribution in [3.63, 3.8) is 0 Å². The number of H-pyrrole nitrogens is 1. The second-order valence-electron chi connectivity index (χ2n) is 7.34. The minimum atomic E-state index is -0.326. The molecule has 0 radical (unpaired) electrons. The van der Waals surface area contributed by atoms with Crippen LogP contribution in [0.4, 0.5) is 4.39 Å². The van der Waals surface area contributed by atoms with Gasteiger partial charge in [-0.25, -0.2) is 4.39 Å². The molecule has 2 aromatic carbocycles. The van der Waals surface area contributed by atoms with Crippen LogP contribution in [0.2, 0.25) is 0 Å². The number of aromatic amines is 1. The molecule has 27 heavy (non-hydrogen) atoms. The number of benzene rings is 2. The lowest BCUT2D eigenvalue weighted by Crippen LogP contribution is -2.36. The molecule has 2 N–H and O–H groups in total.